The van der Waals surface area contributed by atoms with Crippen LogP contribution in [0.2, 0.25) is 0 Å². The summed E-state index contributed by atoms with van der Waals surface area (Å²) < 4.78 is 31.7. The van der Waals surface area contributed by atoms with Crippen molar-refractivity contribution >= 4 is 15.9 Å². The zero-order valence-electron chi connectivity index (χ0n) is 14.2. The summed E-state index contributed by atoms with van der Waals surface area (Å²) in [6, 6.07) is 2.83. The highest BCUT2D eigenvalue weighted by Gasteiger charge is 2.25. The van der Waals surface area contributed by atoms with Crippen molar-refractivity contribution in [2.45, 2.75) is 18.7 Å². The number of phenols is 1. The molecule has 7 nitrogen and oxygen atoms in total. The Kier molecular flexibility index (Phi) is 6.55. The van der Waals surface area contributed by atoms with Crippen LogP contribution in [-0.4, -0.2) is 69.5 Å². The van der Waals surface area contributed by atoms with Gasteiger partial charge in [-0.05, 0) is 37.1 Å². The van der Waals surface area contributed by atoms with Gasteiger partial charge in [0.1, 0.15) is 12.4 Å². The van der Waals surface area contributed by atoms with E-state index in [1.165, 1.54) is 28.4 Å². The summed E-state index contributed by atoms with van der Waals surface area (Å²) in [4.78, 5) is 13.0. The van der Waals surface area contributed by atoms with Gasteiger partial charge in [0.15, 0.2) is 0 Å². The molecule has 0 bridgehead atoms. The summed E-state index contributed by atoms with van der Waals surface area (Å²) in [7, 11) is 1.02. The van der Waals surface area contributed by atoms with E-state index in [1.54, 1.807) is 27.9 Å². The molecule has 0 saturated carbocycles. The zero-order valence-corrected chi connectivity index (χ0v) is 15.0. The molecule has 1 amide bonds. The molecule has 0 aromatic heterocycles. The average Bonchev–Trinajstić information content (AvgIpc) is 2.41. The number of rotatable bonds is 7. The van der Waals surface area contributed by atoms with Crippen molar-refractivity contribution in [2.75, 3.05) is 40.9 Å². The zero-order chi connectivity index (χ0) is 17.8. The normalized spacial score (nSPS) is 11.7. The predicted molar refractivity (Wildman–Crippen MR) is 86.9 cm³/mol. The van der Waals surface area contributed by atoms with Crippen LogP contribution in [0.4, 0.5) is 0 Å². The maximum Gasteiger partial charge on any atom is 0.248 e. The Morgan fingerprint density at radius 3 is 2.17 bits per heavy atom. The summed E-state index contributed by atoms with van der Waals surface area (Å²) >= 11 is 0. The smallest absolute Gasteiger partial charge is 0.248 e. The summed E-state index contributed by atoms with van der Waals surface area (Å²) in [6.45, 7) is 3.44. The standard InChI is InChI=1S/C15H24N2O5S/c1-11-8-13(18)9-12(2)15(11)23(20,21)17(5)6-7-22-10-14(19)16(3)4/h8-9,18H,6-7,10H2,1-5H3. The largest absolute Gasteiger partial charge is 0.508 e. The Hall–Kier alpha value is -1.64. The van der Waals surface area contributed by atoms with Crippen LogP contribution < -0.4 is 0 Å². The first kappa shape index (κ1) is 19.4. The highest BCUT2D eigenvalue weighted by atomic mass is 32.2. The highest BCUT2D eigenvalue weighted by Crippen LogP contribution is 2.27. The maximum atomic E-state index is 12.6. The van der Waals surface area contributed by atoms with Gasteiger partial charge in [0, 0.05) is 27.7 Å². The Bertz CT molecular complexity index is 647. The van der Waals surface area contributed by atoms with Gasteiger partial charge in [-0.2, -0.15) is 4.31 Å². The van der Waals surface area contributed by atoms with Gasteiger partial charge in [-0.1, -0.05) is 0 Å². The molecule has 23 heavy (non-hydrogen) atoms. The molecule has 0 aliphatic carbocycles. The maximum absolute atomic E-state index is 12.6. The average molecular weight is 344 g/mol. The third-order valence-electron chi connectivity index (χ3n) is 3.39. The quantitative estimate of drug-likeness (QED) is 0.737. The number of ether oxygens (including phenoxy) is 1. The molecule has 1 aromatic rings. The number of carbonyl (C=O) groups is 1. The van der Waals surface area contributed by atoms with Gasteiger partial charge < -0.3 is 14.7 Å². The molecule has 0 unspecified atom stereocenters. The first-order chi connectivity index (χ1) is 10.6. The molecular formula is C15H24N2O5S. The van der Waals surface area contributed by atoms with E-state index in [1.807, 2.05) is 0 Å². The van der Waals surface area contributed by atoms with Gasteiger partial charge in [-0.25, -0.2) is 8.42 Å². The lowest BCUT2D eigenvalue weighted by Crippen LogP contribution is -2.33. The second-order valence-electron chi connectivity index (χ2n) is 5.58. The number of carbonyl (C=O) groups excluding carboxylic acids is 1. The Morgan fingerprint density at radius 1 is 1.17 bits per heavy atom. The van der Waals surface area contributed by atoms with Gasteiger partial charge in [0.2, 0.25) is 15.9 Å². The molecule has 0 aliphatic rings. The summed E-state index contributed by atoms with van der Waals surface area (Å²) in [5, 5.41) is 9.53. The minimum Gasteiger partial charge on any atom is -0.508 e. The van der Waals surface area contributed by atoms with E-state index >= 15 is 0 Å². The number of hydrogen-bond acceptors (Lipinski definition) is 5. The van der Waals surface area contributed by atoms with Gasteiger partial charge in [-0.15, -0.1) is 0 Å². The number of sulfonamides is 1. The first-order valence-electron chi connectivity index (χ1n) is 7.11. The van der Waals surface area contributed by atoms with Crippen LogP contribution >= 0.6 is 0 Å². The van der Waals surface area contributed by atoms with Gasteiger partial charge in [0.25, 0.3) is 0 Å². The number of aromatic hydroxyl groups is 1. The monoisotopic (exact) mass is 344 g/mol. The molecule has 0 fully saturated rings. The van der Waals surface area contributed by atoms with Gasteiger partial charge >= 0.3 is 0 Å². The van der Waals surface area contributed by atoms with E-state index in [0.29, 0.717) is 11.1 Å². The van der Waals surface area contributed by atoms with E-state index < -0.39 is 10.0 Å². The Labute approximate surface area is 137 Å². The van der Waals surface area contributed by atoms with Crippen LogP contribution in [0.3, 0.4) is 0 Å². The SMILES string of the molecule is Cc1cc(O)cc(C)c1S(=O)(=O)N(C)CCOCC(=O)N(C)C. The molecule has 1 N–H and O–H groups in total. The van der Waals surface area contributed by atoms with E-state index in [4.69, 9.17) is 4.74 Å². The fraction of sp³-hybridized carbons (Fsp3) is 0.533. The third-order valence-corrected chi connectivity index (χ3v) is 5.55. The molecule has 0 aliphatic heterocycles. The van der Waals surface area contributed by atoms with Crippen molar-refractivity contribution in [3.05, 3.63) is 23.3 Å². The molecule has 0 saturated heterocycles. The molecule has 0 heterocycles. The van der Waals surface area contributed by atoms with E-state index in [-0.39, 0.29) is 36.3 Å². The van der Waals surface area contributed by atoms with Crippen molar-refractivity contribution in [3.8, 4) is 5.75 Å². The fourth-order valence-corrected chi connectivity index (χ4v) is 3.65. The Balaban J connectivity index is 2.76. The number of benzene rings is 1. The molecule has 0 radical (unpaired) electrons. The van der Waals surface area contributed by atoms with Crippen LogP contribution in [0.5, 0.6) is 5.75 Å². The predicted octanol–water partition coefficient (Wildman–Crippen LogP) is 0.734. The molecule has 1 rings (SSSR count). The Morgan fingerprint density at radius 2 is 1.70 bits per heavy atom. The molecule has 8 heteroatoms. The van der Waals surface area contributed by atoms with Crippen LogP contribution in [0.15, 0.2) is 17.0 Å². The lowest BCUT2D eigenvalue weighted by molar-refractivity contribution is -0.133. The molecule has 130 valence electrons. The fourth-order valence-electron chi connectivity index (χ4n) is 2.09. The van der Waals surface area contributed by atoms with Crippen molar-refractivity contribution in [2.24, 2.45) is 0 Å². The third kappa shape index (κ3) is 4.92. The highest BCUT2D eigenvalue weighted by molar-refractivity contribution is 7.89. The van der Waals surface area contributed by atoms with Crippen molar-refractivity contribution in [1.29, 1.82) is 0 Å². The summed E-state index contributed by atoms with van der Waals surface area (Å²) in [5.41, 5.74) is 0.969. The molecule has 0 atom stereocenters. The minimum absolute atomic E-state index is 0.0344. The van der Waals surface area contributed by atoms with Crippen LogP contribution in [-0.2, 0) is 19.6 Å². The van der Waals surface area contributed by atoms with Gasteiger partial charge in [0.05, 0.1) is 11.5 Å². The van der Waals surface area contributed by atoms with Gasteiger partial charge in [-0.3, -0.25) is 4.79 Å². The summed E-state index contributed by atoms with van der Waals surface area (Å²) in [5.74, 6) is -0.145. The lowest BCUT2D eigenvalue weighted by atomic mass is 10.1. The number of aryl methyl sites for hydroxylation is 2. The van der Waals surface area contributed by atoms with Crippen LogP contribution in [0.1, 0.15) is 11.1 Å². The van der Waals surface area contributed by atoms with Crippen molar-refractivity contribution in [3.63, 3.8) is 0 Å². The van der Waals surface area contributed by atoms with Crippen molar-refractivity contribution < 1.29 is 23.1 Å². The van der Waals surface area contributed by atoms with Crippen LogP contribution in [0, 0.1) is 13.8 Å². The number of phenolic OH excluding ortho intramolecular Hbond substituents is 1. The van der Waals surface area contributed by atoms with Crippen LogP contribution in [0.25, 0.3) is 0 Å². The second kappa shape index (κ2) is 7.76. The number of likely N-dealkylation sites (N-methyl/N-ethyl adjacent to an activating group) is 2. The number of amides is 1. The molecular weight excluding hydrogens is 320 g/mol. The summed E-state index contributed by atoms with van der Waals surface area (Å²) in [6.07, 6.45) is 0. The molecule has 0 spiro atoms. The van der Waals surface area contributed by atoms with Crippen molar-refractivity contribution in [1.82, 2.24) is 9.21 Å². The lowest BCUT2D eigenvalue weighted by Gasteiger charge is -2.20. The minimum atomic E-state index is -3.69. The van der Waals surface area contributed by atoms with E-state index in [9.17, 15) is 18.3 Å². The molecule has 1 aromatic carbocycles. The second-order valence-corrected chi connectivity index (χ2v) is 7.56. The number of hydrogen-bond donors (Lipinski definition) is 1. The van der Waals surface area contributed by atoms with E-state index in [2.05, 4.69) is 0 Å². The first-order valence-corrected chi connectivity index (χ1v) is 8.55. The number of nitrogens with zero attached hydrogens (tertiary/aromatic N) is 2. The topological polar surface area (TPSA) is 87.1 Å². The van der Waals surface area contributed by atoms with E-state index in [0.717, 1.165) is 0 Å².